The molecule has 21 heavy (non-hydrogen) atoms. The van der Waals surface area contributed by atoms with Gasteiger partial charge in [-0.3, -0.25) is 0 Å². The van der Waals surface area contributed by atoms with E-state index >= 15 is 0 Å². The smallest absolute Gasteiger partial charge is 0.137 e. The molecule has 0 radical (unpaired) electrons. The highest BCUT2D eigenvalue weighted by molar-refractivity contribution is 5.79. The number of aromatic amines is 1. The summed E-state index contributed by atoms with van der Waals surface area (Å²) in [6.07, 6.45) is 3.82. The van der Waals surface area contributed by atoms with Crippen LogP contribution in [0.25, 0.3) is 11.0 Å². The van der Waals surface area contributed by atoms with Crippen LogP contribution in [0.1, 0.15) is 24.1 Å². The molecule has 3 aromatic rings. The fourth-order valence-corrected chi connectivity index (χ4v) is 2.43. The van der Waals surface area contributed by atoms with Crippen LogP contribution in [0, 0.1) is 0 Å². The summed E-state index contributed by atoms with van der Waals surface area (Å²) >= 11 is 0. The maximum atomic E-state index is 5.18. The third kappa shape index (κ3) is 2.90. The van der Waals surface area contributed by atoms with Gasteiger partial charge in [0, 0.05) is 30.4 Å². The summed E-state index contributed by atoms with van der Waals surface area (Å²) in [5.41, 5.74) is 3.42. The molecular formula is C17H19N3O. The molecule has 1 aromatic carbocycles. The molecule has 4 heteroatoms. The number of H-pyrrole nitrogens is 1. The summed E-state index contributed by atoms with van der Waals surface area (Å²) < 4.78 is 5.18. The molecule has 0 aliphatic heterocycles. The van der Waals surface area contributed by atoms with E-state index in [1.54, 1.807) is 13.3 Å². The van der Waals surface area contributed by atoms with Crippen molar-refractivity contribution in [3.05, 3.63) is 59.9 Å². The van der Waals surface area contributed by atoms with Crippen molar-refractivity contribution in [2.75, 3.05) is 7.11 Å². The van der Waals surface area contributed by atoms with Crippen molar-refractivity contribution < 1.29 is 4.74 Å². The summed E-state index contributed by atoms with van der Waals surface area (Å²) in [4.78, 5) is 7.51. The number of pyridine rings is 1. The highest BCUT2D eigenvalue weighted by atomic mass is 16.5. The number of benzene rings is 1. The molecule has 0 aliphatic rings. The largest absolute Gasteiger partial charge is 0.497 e. The number of hydrogen-bond donors (Lipinski definition) is 2. The summed E-state index contributed by atoms with van der Waals surface area (Å²) in [5, 5.41) is 4.72. The van der Waals surface area contributed by atoms with Gasteiger partial charge in [0.25, 0.3) is 0 Å². The molecule has 4 nitrogen and oxygen atoms in total. The average Bonchev–Trinajstić information content (AvgIpc) is 2.96. The van der Waals surface area contributed by atoms with E-state index in [0.29, 0.717) is 0 Å². The van der Waals surface area contributed by atoms with E-state index in [4.69, 9.17) is 4.74 Å². The molecule has 2 aromatic heterocycles. The summed E-state index contributed by atoms with van der Waals surface area (Å²) in [7, 11) is 1.68. The van der Waals surface area contributed by atoms with Crippen molar-refractivity contribution in [2.45, 2.75) is 19.5 Å². The molecule has 3 rings (SSSR count). The quantitative estimate of drug-likeness (QED) is 0.753. The minimum absolute atomic E-state index is 0.275. The van der Waals surface area contributed by atoms with Crippen molar-refractivity contribution in [3.8, 4) is 5.75 Å². The van der Waals surface area contributed by atoms with Gasteiger partial charge in [-0.25, -0.2) is 4.98 Å². The predicted octanol–water partition coefficient (Wildman–Crippen LogP) is 3.42. The fraction of sp³-hybridized carbons (Fsp3) is 0.235. The summed E-state index contributed by atoms with van der Waals surface area (Å²) in [5.74, 6) is 0.883. The molecule has 0 fully saturated rings. The first-order chi connectivity index (χ1) is 10.3. The predicted molar refractivity (Wildman–Crippen MR) is 84.3 cm³/mol. The zero-order chi connectivity index (χ0) is 14.7. The zero-order valence-corrected chi connectivity index (χ0v) is 12.3. The van der Waals surface area contributed by atoms with Crippen molar-refractivity contribution in [1.29, 1.82) is 0 Å². The molecule has 0 unspecified atom stereocenters. The van der Waals surface area contributed by atoms with Crippen LogP contribution < -0.4 is 10.1 Å². The third-order valence-corrected chi connectivity index (χ3v) is 3.75. The molecule has 2 heterocycles. The Morgan fingerprint density at radius 2 is 2.05 bits per heavy atom. The minimum atomic E-state index is 0.275. The van der Waals surface area contributed by atoms with Gasteiger partial charge in [0.15, 0.2) is 0 Å². The number of methoxy groups -OCH3 is 1. The van der Waals surface area contributed by atoms with E-state index in [1.165, 1.54) is 16.5 Å². The Hall–Kier alpha value is -2.33. The number of hydrogen-bond acceptors (Lipinski definition) is 3. The van der Waals surface area contributed by atoms with Crippen LogP contribution in [0.2, 0.25) is 0 Å². The molecular weight excluding hydrogens is 262 g/mol. The average molecular weight is 281 g/mol. The standard InChI is InChI=1S/C17H19N3O/c1-12(13-5-7-15(21-2)8-6-13)19-10-14-11-20-17-16(14)4-3-9-18-17/h3-9,11-12,19H,10H2,1-2H3,(H,18,20)/t12-/m1/s1. The van der Waals surface area contributed by atoms with Crippen LogP contribution in [0.4, 0.5) is 0 Å². The number of ether oxygens (including phenoxy) is 1. The highest BCUT2D eigenvalue weighted by Gasteiger charge is 2.08. The molecule has 108 valence electrons. The van der Waals surface area contributed by atoms with Gasteiger partial charge in [0.2, 0.25) is 0 Å². The first-order valence-corrected chi connectivity index (χ1v) is 7.06. The lowest BCUT2D eigenvalue weighted by Gasteiger charge is -2.14. The Morgan fingerprint density at radius 3 is 2.81 bits per heavy atom. The Balaban J connectivity index is 1.68. The Morgan fingerprint density at radius 1 is 1.24 bits per heavy atom. The van der Waals surface area contributed by atoms with E-state index in [0.717, 1.165) is 17.9 Å². The Labute approximate surface area is 124 Å². The first-order valence-electron chi connectivity index (χ1n) is 7.06. The third-order valence-electron chi connectivity index (χ3n) is 3.75. The number of aromatic nitrogens is 2. The molecule has 0 saturated heterocycles. The van der Waals surface area contributed by atoms with Crippen LogP contribution in [0.15, 0.2) is 48.8 Å². The Bertz CT molecular complexity index is 718. The van der Waals surface area contributed by atoms with Crippen LogP contribution in [-0.4, -0.2) is 17.1 Å². The van der Waals surface area contributed by atoms with Gasteiger partial charge in [-0.05, 0) is 42.3 Å². The van der Waals surface area contributed by atoms with Crippen LogP contribution in [0.5, 0.6) is 5.75 Å². The van der Waals surface area contributed by atoms with E-state index < -0.39 is 0 Å². The number of fused-ring (bicyclic) bond motifs is 1. The lowest BCUT2D eigenvalue weighted by atomic mass is 10.1. The number of nitrogens with one attached hydrogen (secondary N) is 2. The molecule has 0 aliphatic carbocycles. The van der Waals surface area contributed by atoms with Crippen molar-refractivity contribution >= 4 is 11.0 Å². The van der Waals surface area contributed by atoms with Crippen LogP contribution in [-0.2, 0) is 6.54 Å². The maximum absolute atomic E-state index is 5.18. The molecule has 0 spiro atoms. The van der Waals surface area contributed by atoms with E-state index in [-0.39, 0.29) is 6.04 Å². The number of rotatable bonds is 5. The van der Waals surface area contributed by atoms with Gasteiger partial charge in [0.1, 0.15) is 11.4 Å². The maximum Gasteiger partial charge on any atom is 0.137 e. The Kier molecular flexibility index (Phi) is 3.88. The monoisotopic (exact) mass is 281 g/mol. The van der Waals surface area contributed by atoms with Crippen molar-refractivity contribution in [1.82, 2.24) is 15.3 Å². The molecule has 1 atom stereocenters. The van der Waals surface area contributed by atoms with Crippen molar-refractivity contribution in [2.24, 2.45) is 0 Å². The fourth-order valence-electron chi connectivity index (χ4n) is 2.43. The second-order valence-corrected chi connectivity index (χ2v) is 5.09. The molecule has 0 saturated carbocycles. The second-order valence-electron chi connectivity index (χ2n) is 5.09. The minimum Gasteiger partial charge on any atom is -0.497 e. The van der Waals surface area contributed by atoms with E-state index in [9.17, 15) is 0 Å². The molecule has 0 bridgehead atoms. The van der Waals surface area contributed by atoms with Gasteiger partial charge < -0.3 is 15.0 Å². The van der Waals surface area contributed by atoms with Crippen molar-refractivity contribution in [3.63, 3.8) is 0 Å². The van der Waals surface area contributed by atoms with Gasteiger partial charge in [-0.1, -0.05) is 12.1 Å². The van der Waals surface area contributed by atoms with Gasteiger partial charge in [-0.15, -0.1) is 0 Å². The van der Waals surface area contributed by atoms with Crippen LogP contribution >= 0.6 is 0 Å². The lowest BCUT2D eigenvalue weighted by Crippen LogP contribution is -2.17. The van der Waals surface area contributed by atoms with E-state index in [2.05, 4.69) is 40.4 Å². The van der Waals surface area contributed by atoms with Gasteiger partial charge in [0.05, 0.1) is 7.11 Å². The second kappa shape index (κ2) is 5.97. The number of nitrogens with zero attached hydrogens (tertiary/aromatic N) is 1. The molecule has 2 N–H and O–H groups in total. The highest BCUT2D eigenvalue weighted by Crippen LogP contribution is 2.19. The zero-order valence-electron chi connectivity index (χ0n) is 12.3. The summed E-state index contributed by atoms with van der Waals surface area (Å²) in [6, 6.07) is 12.5. The van der Waals surface area contributed by atoms with E-state index in [1.807, 2.05) is 24.4 Å². The van der Waals surface area contributed by atoms with Crippen LogP contribution in [0.3, 0.4) is 0 Å². The first kappa shape index (κ1) is 13.6. The van der Waals surface area contributed by atoms with Gasteiger partial charge >= 0.3 is 0 Å². The normalized spacial score (nSPS) is 12.5. The lowest BCUT2D eigenvalue weighted by molar-refractivity contribution is 0.414. The van der Waals surface area contributed by atoms with Gasteiger partial charge in [-0.2, -0.15) is 0 Å². The summed E-state index contributed by atoms with van der Waals surface area (Å²) in [6.45, 7) is 2.97. The molecule has 0 amide bonds. The SMILES string of the molecule is COc1ccc([C@@H](C)NCc2c[nH]c3ncccc23)cc1. The topological polar surface area (TPSA) is 49.9 Å².